The molecule has 0 unspecified atom stereocenters. The number of carbonyl (C=O) groups excluding carboxylic acids is 2. The van der Waals surface area contributed by atoms with Gasteiger partial charge in [0, 0.05) is 14.1 Å². The second-order valence-electron chi connectivity index (χ2n) is 6.54. The number of carbonyl (C=O) groups is 2. The van der Waals surface area contributed by atoms with Crippen LogP contribution < -0.4 is 4.74 Å². The Kier molecular flexibility index (Phi) is 5.96. The fraction of sp³-hybridized carbons (Fsp3) is 0.190. The minimum Gasteiger partial charge on any atom is -0.488 e. The molecule has 0 N–H and O–H groups in total. The van der Waals surface area contributed by atoms with Crippen molar-refractivity contribution in [3.05, 3.63) is 69.2 Å². The summed E-state index contributed by atoms with van der Waals surface area (Å²) in [4.78, 5) is 27.4. The van der Waals surface area contributed by atoms with Crippen molar-refractivity contribution in [1.82, 2.24) is 9.80 Å². The predicted octanol–water partition coefficient (Wildman–Crippen LogP) is 3.94. The first-order valence-corrected chi connectivity index (χ1v) is 9.77. The molecule has 1 aliphatic rings. The Hall–Kier alpha value is -2.51. The smallest absolute Gasteiger partial charge is 0.265 e. The summed E-state index contributed by atoms with van der Waals surface area (Å²) in [7, 11) is 3.11. The maximum absolute atomic E-state index is 12.4. The summed E-state index contributed by atoms with van der Waals surface area (Å²) in [6.07, 6.45) is 1.56. The maximum Gasteiger partial charge on any atom is 0.265 e. The van der Waals surface area contributed by atoms with Gasteiger partial charge >= 0.3 is 0 Å². The SMILES string of the molecule is Cc1cccc(COc2ccc(C=C3C(=O)N(C)C(=S)N(C)C3=O)cc2Br)c1. The molecular weight excluding hydrogens is 440 g/mol. The van der Waals surface area contributed by atoms with Crippen LogP contribution in [0.1, 0.15) is 16.7 Å². The van der Waals surface area contributed by atoms with Gasteiger partial charge in [-0.15, -0.1) is 0 Å². The van der Waals surface area contributed by atoms with Gasteiger partial charge in [-0.3, -0.25) is 19.4 Å². The molecule has 2 aromatic rings. The van der Waals surface area contributed by atoms with Crippen molar-refractivity contribution in [3.8, 4) is 5.75 Å². The number of hydrogen-bond acceptors (Lipinski definition) is 4. The van der Waals surface area contributed by atoms with Crippen molar-refractivity contribution in [2.45, 2.75) is 13.5 Å². The zero-order valence-corrected chi connectivity index (χ0v) is 18.1. The summed E-state index contributed by atoms with van der Waals surface area (Å²) in [6.45, 7) is 2.49. The standard InChI is InChI=1S/C21H19BrN2O3S/c1-13-5-4-6-15(9-13)12-27-18-8-7-14(11-17(18)22)10-16-19(25)23(2)21(28)24(3)20(16)26/h4-11H,12H2,1-3H3. The zero-order chi connectivity index (χ0) is 20.4. The molecule has 1 heterocycles. The van der Waals surface area contributed by atoms with Crippen LogP contribution in [0.25, 0.3) is 6.08 Å². The molecule has 0 radical (unpaired) electrons. The van der Waals surface area contributed by atoms with Gasteiger partial charge < -0.3 is 4.74 Å². The summed E-state index contributed by atoms with van der Waals surface area (Å²) >= 11 is 8.59. The molecule has 0 atom stereocenters. The first kappa shape index (κ1) is 20.2. The van der Waals surface area contributed by atoms with Crippen LogP contribution in [0.3, 0.4) is 0 Å². The molecule has 7 heteroatoms. The van der Waals surface area contributed by atoms with Gasteiger partial charge in [-0.05, 0) is 64.4 Å². The number of likely N-dealkylation sites (N-methyl/N-ethyl adjacent to an activating group) is 2. The lowest BCUT2D eigenvalue weighted by atomic mass is 10.1. The Morgan fingerprint density at radius 1 is 1.07 bits per heavy atom. The monoisotopic (exact) mass is 458 g/mol. The second kappa shape index (κ2) is 8.24. The lowest BCUT2D eigenvalue weighted by molar-refractivity contribution is -0.132. The number of thiocarbonyl (C=S) groups is 1. The van der Waals surface area contributed by atoms with Crippen molar-refractivity contribution >= 4 is 51.2 Å². The van der Waals surface area contributed by atoms with Crippen molar-refractivity contribution in [1.29, 1.82) is 0 Å². The molecule has 1 aliphatic heterocycles. The van der Waals surface area contributed by atoms with Crippen LogP contribution in [0.4, 0.5) is 0 Å². The Labute approximate surface area is 177 Å². The third kappa shape index (κ3) is 4.15. The van der Waals surface area contributed by atoms with E-state index in [1.54, 1.807) is 26.2 Å². The molecule has 0 saturated carbocycles. The van der Waals surface area contributed by atoms with Gasteiger partial charge in [0.15, 0.2) is 5.11 Å². The lowest BCUT2D eigenvalue weighted by Gasteiger charge is -2.31. The van der Waals surface area contributed by atoms with E-state index in [9.17, 15) is 9.59 Å². The number of ether oxygens (including phenoxy) is 1. The summed E-state index contributed by atoms with van der Waals surface area (Å²) < 4.78 is 6.62. The Morgan fingerprint density at radius 2 is 1.75 bits per heavy atom. The summed E-state index contributed by atoms with van der Waals surface area (Å²) in [5, 5.41) is 0.188. The van der Waals surface area contributed by atoms with E-state index in [0.29, 0.717) is 17.9 Å². The van der Waals surface area contributed by atoms with Crippen molar-refractivity contribution < 1.29 is 14.3 Å². The highest BCUT2D eigenvalue weighted by Crippen LogP contribution is 2.28. The van der Waals surface area contributed by atoms with Gasteiger partial charge in [0.1, 0.15) is 17.9 Å². The molecule has 3 rings (SSSR count). The minimum atomic E-state index is -0.413. The Bertz CT molecular complexity index is 977. The van der Waals surface area contributed by atoms with E-state index in [1.807, 2.05) is 37.3 Å². The van der Waals surface area contributed by atoms with Crippen LogP contribution in [0.5, 0.6) is 5.75 Å². The Morgan fingerprint density at radius 3 is 2.36 bits per heavy atom. The fourth-order valence-corrected chi connectivity index (χ4v) is 3.51. The van der Waals surface area contributed by atoms with Crippen LogP contribution in [0.15, 0.2) is 52.5 Å². The van der Waals surface area contributed by atoms with Gasteiger partial charge in [-0.25, -0.2) is 0 Å². The lowest BCUT2D eigenvalue weighted by Crippen LogP contribution is -2.52. The van der Waals surface area contributed by atoms with Crippen molar-refractivity contribution in [2.75, 3.05) is 14.1 Å². The quantitative estimate of drug-likeness (QED) is 0.395. The average molecular weight is 459 g/mol. The van der Waals surface area contributed by atoms with E-state index in [2.05, 4.69) is 22.0 Å². The van der Waals surface area contributed by atoms with Gasteiger partial charge in [-0.1, -0.05) is 35.9 Å². The van der Waals surface area contributed by atoms with Crippen LogP contribution in [-0.4, -0.2) is 40.8 Å². The second-order valence-corrected chi connectivity index (χ2v) is 7.76. The van der Waals surface area contributed by atoms with E-state index in [-0.39, 0.29) is 10.7 Å². The highest BCUT2D eigenvalue weighted by Gasteiger charge is 2.35. The topological polar surface area (TPSA) is 49.9 Å². The number of nitrogens with zero attached hydrogens (tertiary/aromatic N) is 2. The number of hydrogen-bond donors (Lipinski definition) is 0. The maximum atomic E-state index is 12.4. The van der Waals surface area contributed by atoms with E-state index < -0.39 is 11.8 Å². The largest absolute Gasteiger partial charge is 0.488 e. The van der Waals surface area contributed by atoms with E-state index in [4.69, 9.17) is 17.0 Å². The molecule has 2 amide bonds. The van der Waals surface area contributed by atoms with Crippen LogP contribution in [-0.2, 0) is 16.2 Å². The first-order chi connectivity index (χ1) is 13.3. The molecule has 144 valence electrons. The normalized spacial score (nSPS) is 14.6. The van der Waals surface area contributed by atoms with Gasteiger partial charge in [0.05, 0.1) is 4.47 Å². The number of rotatable bonds is 4. The molecule has 0 spiro atoms. The van der Waals surface area contributed by atoms with E-state index >= 15 is 0 Å². The third-order valence-corrected chi connectivity index (χ3v) is 5.56. The van der Waals surface area contributed by atoms with Crippen LogP contribution in [0.2, 0.25) is 0 Å². The summed E-state index contributed by atoms with van der Waals surface area (Å²) in [5.41, 5.74) is 3.04. The molecule has 28 heavy (non-hydrogen) atoms. The van der Waals surface area contributed by atoms with Crippen molar-refractivity contribution in [2.24, 2.45) is 0 Å². The number of halogens is 1. The molecular formula is C21H19BrN2O3S. The zero-order valence-electron chi connectivity index (χ0n) is 15.7. The highest BCUT2D eigenvalue weighted by atomic mass is 79.9. The minimum absolute atomic E-state index is 0.0685. The summed E-state index contributed by atoms with van der Waals surface area (Å²) in [6, 6.07) is 13.5. The number of benzene rings is 2. The molecule has 0 aliphatic carbocycles. The molecule has 2 aromatic carbocycles. The van der Waals surface area contributed by atoms with Crippen LogP contribution >= 0.6 is 28.1 Å². The highest BCUT2D eigenvalue weighted by molar-refractivity contribution is 9.10. The molecule has 0 aromatic heterocycles. The van der Waals surface area contributed by atoms with Crippen molar-refractivity contribution in [3.63, 3.8) is 0 Å². The Balaban J connectivity index is 1.80. The molecule has 5 nitrogen and oxygen atoms in total. The molecule has 1 fully saturated rings. The number of amides is 2. The predicted molar refractivity (Wildman–Crippen MR) is 116 cm³/mol. The first-order valence-electron chi connectivity index (χ1n) is 8.57. The van der Waals surface area contributed by atoms with E-state index in [1.165, 1.54) is 15.4 Å². The van der Waals surface area contributed by atoms with E-state index in [0.717, 1.165) is 10.0 Å². The van der Waals surface area contributed by atoms with Gasteiger partial charge in [-0.2, -0.15) is 0 Å². The summed E-state index contributed by atoms with van der Waals surface area (Å²) in [5.74, 6) is -0.145. The third-order valence-electron chi connectivity index (χ3n) is 4.39. The molecule has 1 saturated heterocycles. The fourth-order valence-electron chi connectivity index (χ4n) is 2.83. The van der Waals surface area contributed by atoms with Gasteiger partial charge in [0.2, 0.25) is 0 Å². The number of aryl methyl sites for hydroxylation is 1. The van der Waals surface area contributed by atoms with Crippen LogP contribution in [0, 0.1) is 6.92 Å². The average Bonchev–Trinajstić information content (AvgIpc) is 2.67. The molecule has 0 bridgehead atoms. The van der Waals surface area contributed by atoms with Gasteiger partial charge in [0.25, 0.3) is 11.8 Å².